The van der Waals surface area contributed by atoms with Crippen molar-refractivity contribution in [2.24, 2.45) is 0 Å². The number of hydrogen-bond donors (Lipinski definition) is 2. The fourth-order valence-corrected chi connectivity index (χ4v) is 4.12. The normalized spacial score (nSPS) is 11.7. The Morgan fingerprint density at radius 1 is 1.25 bits per heavy atom. The molecule has 0 bridgehead atoms. The fourth-order valence-electron chi connectivity index (χ4n) is 3.11. The van der Waals surface area contributed by atoms with Gasteiger partial charge in [0, 0.05) is 24.1 Å². The average molecular weight is 468 g/mol. The number of carbonyl (C=O) groups is 1. The molecule has 0 radical (unpaired) electrons. The van der Waals surface area contributed by atoms with Gasteiger partial charge in [0.1, 0.15) is 12.6 Å². The fraction of sp³-hybridized carbons (Fsp3) is 0.182. The number of carbonyl (C=O) groups excluding carboxylic acids is 1. The van der Waals surface area contributed by atoms with Gasteiger partial charge in [-0.2, -0.15) is 5.10 Å². The predicted octanol–water partition coefficient (Wildman–Crippen LogP) is 4.85. The highest BCUT2D eigenvalue weighted by Gasteiger charge is 2.22. The first-order chi connectivity index (χ1) is 15.6. The molecule has 1 unspecified atom stereocenters. The molecular weight excluding hydrogens is 446 g/mol. The molecule has 0 fully saturated rings. The van der Waals surface area contributed by atoms with E-state index in [0.29, 0.717) is 34.4 Å². The zero-order chi connectivity index (χ0) is 22.5. The van der Waals surface area contributed by atoms with Crippen molar-refractivity contribution < 1.29 is 14.3 Å². The van der Waals surface area contributed by atoms with E-state index in [-0.39, 0.29) is 5.91 Å². The lowest BCUT2D eigenvalue weighted by atomic mass is 10.2. The number of thiophene rings is 1. The summed E-state index contributed by atoms with van der Waals surface area (Å²) in [5.41, 5.74) is 1.56. The number of pyridine rings is 1. The SMILES string of the molecule is COc1ccc(NC(=O)C(C)n2c(-c3cccs3)n[nH]c2=S)cc1OCc1ccncc1. The Bertz CT molecular complexity index is 1250. The van der Waals surface area contributed by atoms with Crippen molar-refractivity contribution in [1.82, 2.24) is 19.7 Å². The van der Waals surface area contributed by atoms with Gasteiger partial charge in [0.05, 0.1) is 12.0 Å². The number of benzene rings is 1. The summed E-state index contributed by atoms with van der Waals surface area (Å²) in [5.74, 6) is 1.49. The first kappa shape index (κ1) is 21.7. The van der Waals surface area contributed by atoms with E-state index in [1.807, 2.05) is 29.6 Å². The maximum absolute atomic E-state index is 13.0. The second-order valence-corrected chi connectivity index (χ2v) is 8.21. The lowest BCUT2D eigenvalue weighted by Gasteiger charge is -2.17. The summed E-state index contributed by atoms with van der Waals surface area (Å²) in [6.45, 7) is 2.13. The Labute approximate surface area is 193 Å². The van der Waals surface area contributed by atoms with Crippen LogP contribution in [0, 0.1) is 4.77 Å². The number of anilines is 1. The highest BCUT2D eigenvalue weighted by Crippen LogP contribution is 2.32. The molecule has 4 rings (SSSR count). The molecule has 4 aromatic rings. The van der Waals surface area contributed by atoms with Gasteiger partial charge in [0.15, 0.2) is 22.1 Å². The maximum atomic E-state index is 13.0. The molecule has 0 spiro atoms. The van der Waals surface area contributed by atoms with Crippen molar-refractivity contribution in [2.75, 3.05) is 12.4 Å². The van der Waals surface area contributed by atoms with Crippen LogP contribution in [-0.2, 0) is 11.4 Å². The third kappa shape index (κ3) is 4.71. The molecule has 1 aromatic carbocycles. The minimum Gasteiger partial charge on any atom is -0.493 e. The number of ether oxygens (including phenoxy) is 2. The number of hydrogen-bond acceptors (Lipinski definition) is 7. The van der Waals surface area contributed by atoms with E-state index < -0.39 is 6.04 Å². The van der Waals surface area contributed by atoms with Crippen LogP contribution >= 0.6 is 23.6 Å². The van der Waals surface area contributed by atoms with Crippen LogP contribution in [0.5, 0.6) is 11.5 Å². The molecule has 10 heteroatoms. The van der Waals surface area contributed by atoms with Crippen LogP contribution in [0.2, 0.25) is 0 Å². The van der Waals surface area contributed by atoms with Crippen LogP contribution in [0.1, 0.15) is 18.5 Å². The Hall–Kier alpha value is -3.50. The number of amides is 1. The summed E-state index contributed by atoms with van der Waals surface area (Å²) < 4.78 is 13.4. The number of methoxy groups -OCH3 is 1. The van der Waals surface area contributed by atoms with E-state index in [4.69, 9.17) is 21.7 Å². The van der Waals surface area contributed by atoms with Gasteiger partial charge in [-0.15, -0.1) is 11.3 Å². The number of aromatic nitrogens is 4. The highest BCUT2D eigenvalue weighted by atomic mass is 32.1. The second kappa shape index (κ2) is 9.75. The van der Waals surface area contributed by atoms with Crippen molar-refractivity contribution in [3.8, 4) is 22.2 Å². The summed E-state index contributed by atoms with van der Waals surface area (Å²) in [5, 5.41) is 12.0. The van der Waals surface area contributed by atoms with Gasteiger partial charge in [0.2, 0.25) is 5.91 Å². The van der Waals surface area contributed by atoms with Crippen molar-refractivity contribution in [2.45, 2.75) is 19.6 Å². The molecule has 0 aliphatic carbocycles. The highest BCUT2D eigenvalue weighted by molar-refractivity contribution is 7.71. The Morgan fingerprint density at radius 2 is 2.06 bits per heavy atom. The van der Waals surface area contributed by atoms with Gasteiger partial charge in [0.25, 0.3) is 0 Å². The lowest BCUT2D eigenvalue weighted by molar-refractivity contribution is -0.118. The van der Waals surface area contributed by atoms with E-state index in [1.165, 1.54) is 11.3 Å². The molecular formula is C22H21N5O3S2. The summed E-state index contributed by atoms with van der Waals surface area (Å²) in [6, 6.07) is 12.3. The monoisotopic (exact) mass is 467 g/mol. The molecule has 3 aromatic heterocycles. The number of aromatic amines is 1. The molecule has 0 saturated heterocycles. The van der Waals surface area contributed by atoms with Gasteiger partial charge in [-0.25, -0.2) is 0 Å². The van der Waals surface area contributed by atoms with Crippen LogP contribution < -0.4 is 14.8 Å². The summed E-state index contributed by atoms with van der Waals surface area (Å²) >= 11 is 6.90. The summed E-state index contributed by atoms with van der Waals surface area (Å²) in [7, 11) is 1.57. The summed E-state index contributed by atoms with van der Waals surface area (Å²) in [6.07, 6.45) is 3.42. The second-order valence-electron chi connectivity index (χ2n) is 6.87. The first-order valence-electron chi connectivity index (χ1n) is 9.78. The number of rotatable bonds is 8. The molecule has 32 heavy (non-hydrogen) atoms. The predicted molar refractivity (Wildman–Crippen MR) is 126 cm³/mol. The molecule has 0 aliphatic heterocycles. The van der Waals surface area contributed by atoms with Crippen molar-refractivity contribution in [1.29, 1.82) is 0 Å². The van der Waals surface area contributed by atoms with Gasteiger partial charge >= 0.3 is 0 Å². The smallest absolute Gasteiger partial charge is 0.247 e. The van der Waals surface area contributed by atoms with Crippen LogP contribution in [0.3, 0.4) is 0 Å². The van der Waals surface area contributed by atoms with E-state index in [1.54, 1.807) is 49.2 Å². The van der Waals surface area contributed by atoms with E-state index in [9.17, 15) is 4.79 Å². The molecule has 1 atom stereocenters. The van der Waals surface area contributed by atoms with Crippen LogP contribution in [-0.4, -0.2) is 32.8 Å². The first-order valence-corrected chi connectivity index (χ1v) is 11.1. The van der Waals surface area contributed by atoms with E-state index >= 15 is 0 Å². The Balaban J connectivity index is 1.52. The largest absolute Gasteiger partial charge is 0.493 e. The molecule has 164 valence electrons. The number of nitrogens with zero attached hydrogens (tertiary/aromatic N) is 3. The number of nitrogens with one attached hydrogen (secondary N) is 2. The molecule has 0 aliphatic rings. The standard InChI is InChI=1S/C22H21N5O3S2/c1-14(27-20(25-26-22(27)31)19-4-3-11-32-19)21(28)24-16-5-6-17(29-2)18(12-16)30-13-15-7-9-23-10-8-15/h3-12,14H,13H2,1-2H3,(H,24,28)(H,26,31). The van der Waals surface area contributed by atoms with Gasteiger partial charge in [-0.1, -0.05) is 6.07 Å². The van der Waals surface area contributed by atoms with Crippen LogP contribution in [0.4, 0.5) is 5.69 Å². The molecule has 0 saturated carbocycles. The van der Waals surface area contributed by atoms with E-state index in [2.05, 4.69) is 20.5 Å². The molecule has 8 nitrogen and oxygen atoms in total. The van der Waals surface area contributed by atoms with Gasteiger partial charge in [-0.3, -0.25) is 19.4 Å². The third-order valence-electron chi connectivity index (χ3n) is 4.79. The van der Waals surface area contributed by atoms with Gasteiger partial charge in [-0.05, 0) is 60.4 Å². The zero-order valence-corrected chi connectivity index (χ0v) is 19.1. The quantitative estimate of drug-likeness (QED) is 0.360. The summed E-state index contributed by atoms with van der Waals surface area (Å²) in [4.78, 5) is 18.0. The average Bonchev–Trinajstić information content (AvgIpc) is 3.47. The zero-order valence-electron chi connectivity index (χ0n) is 17.4. The van der Waals surface area contributed by atoms with Crippen molar-refractivity contribution >= 4 is 35.1 Å². The van der Waals surface area contributed by atoms with E-state index in [0.717, 1.165) is 10.4 Å². The van der Waals surface area contributed by atoms with Crippen molar-refractivity contribution in [3.05, 3.63) is 70.6 Å². The van der Waals surface area contributed by atoms with Crippen molar-refractivity contribution in [3.63, 3.8) is 0 Å². The third-order valence-corrected chi connectivity index (χ3v) is 5.94. The Kier molecular flexibility index (Phi) is 6.62. The topological polar surface area (TPSA) is 94.1 Å². The molecule has 3 heterocycles. The van der Waals surface area contributed by atoms with Gasteiger partial charge < -0.3 is 14.8 Å². The molecule has 2 N–H and O–H groups in total. The van der Waals surface area contributed by atoms with Crippen LogP contribution in [0.15, 0.2) is 60.2 Å². The van der Waals surface area contributed by atoms with Crippen LogP contribution in [0.25, 0.3) is 10.7 Å². The lowest BCUT2D eigenvalue weighted by Crippen LogP contribution is -2.24. The molecule has 1 amide bonds. The minimum absolute atomic E-state index is 0.231. The number of H-pyrrole nitrogens is 1. The Morgan fingerprint density at radius 3 is 2.78 bits per heavy atom. The minimum atomic E-state index is -0.582. The maximum Gasteiger partial charge on any atom is 0.247 e.